The van der Waals surface area contributed by atoms with E-state index in [0.29, 0.717) is 19.1 Å². The van der Waals surface area contributed by atoms with Gasteiger partial charge in [0.1, 0.15) is 17.2 Å². The topological polar surface area (TPSA) is 117 Å². The molecule has 0 fully saturated rings. The van der Waals surface area contributed by atoms with Crippen molar-refractivity contribution in [1.29, 1.82) is 0 Å². The summed E-state index contributed by atoms with van der Waals surface area (Å²) in [7, 11) is 1.83. The van der Waals surface area contributed by atoms with Gasteiger partial charge in [-0.25, -0.2) is 9.97 Å². The van der Waals surface area contributed by atoms with E-state index in [1.165, 1.54) is 0 Å². The smallest absolute Gasteiger partial charge is 0.274 e. The van der Waals surface area contributed by atoms with E-state index in [-0.39, 0.29) is 11.2 Å². The molecule has 0 aliphatic carbocycles. The summed E-state index contributed by atoms with van der Waals surface area (Å²) in [5, 5.41) is 9.96. The maximum Gasteiger partial charge on any atom is 0.274 e. The van der Waals surface area contributed by atoms with Crippen LogP contribution in [0.25, 0.3) is 33.3 Å². The lowest BCUT2D eigenvalue weighted by molar-refractivity contribution is -0.111. The average Bonchev–Trinajstić information content (AvgIpc) is 3.29. The van der Waals surface area contributed by atoms with Crippen LogP contribution in [-0.4, -0.2) is 45.1 Å². The van der Waals surface area contributed by atoms with E-state index < -0.39 is 5.91 Å². The van der Waals surface area contributed by atoms with Gasteiger partial charge in [0, 0.05) is 73.0 Å². The molecule has 4 rings (SSSR count). The molecular weight excluding hydrogens is 442 g/mol. The Morgan fingerprint density at radius 1 is 1.20 bits per heavy atom. The van der Waals surface area contributed by atoms with Crippen molar-refractivity contribution in [2.24, 2.45) is 0 Å². The molecule has 0 unspecified atom stereocenters. The fourth-order valence-corrected chi connectivity index (χ4v) is 3.84. The molecular formula is C26H29N7O2. The molecule has 0 radical (unpaired) electrons. The summed E-state index contributed by atoms with van der Waals surface area (Å²) in [4.78, 5) is 37.1. The van der Waals surface area contributed by atoms with Gasteiger partial charge in [0.15, 0.2) is 0 Å². The highest BCUT2D eigenvalue weighted by Crippen LogP contribution is 2.32. The molecule has 180 valence electrons. The molecule has 0 atom stereocenters. The third kappa shape index (κ3) is 5.30. The minimum absolute atomic E-state index is 0.194. The first-order valence-electron chi connectivity index (χ1n) is 11.4. The molecule has 4 aromatic heterocycles. The predicted octanol–water partition coefficient (Wildman–Crippen LogP) is 3.62. The lowest BCUT2D eigenvalue weighted by atomic mass is 10.0. The van der Waals surface area contributed by atoms with Crippen LogP contribution in [0.5, 0.6) is 0 Å². The summed E-state index contributed by atoms with van der Waals surface area (Å²) in [6.07, 6.45) is 8.38. The van der Waals surface area contributed by atoms with Gasteiger partial charge < -0.3 is 25.5 Å². The van der Waals surface area contributed by atoms with Gasteiger partial charge in [0.2, 0.25) is 5.91 Å². The Balaban J connectivity index is 1.79. The van der Waals surface area contributed by atoms with E-state index in [0.717, 1.165) is 45.2 Å². The predicted molar refractivity (Wildman–Crippen MR) is 141 cm³/mol. The third-order valence-electron chi connectivity index (χ3n) is 5.63. The van der Waals surface area contributed by atoms with E-state index in [1.54, 1.807) is 29.2 Å². The zero-order valence-corrected chi connectivity index (χ0v) is 20.1. The fraction of sp³-hybridized carbons (Fsp3) is 0.231. The van der Waals surface area contributed by atoms with Gasteiger partial charge in [-0.15, -0.1) is 0 Å². The van der Waals surface area contributed by atoms with Crippen molar-refractivity contribution in [2.75, 3.05) is 24.2 Å². The molecule has 35 heavy (non-hydrogen) atoms. The molecule has 0 saturated carbocycles. The largest absolute Gasteiger partial charge is 0.373 e. The Bertz CT molecular complexity index is 1440. The molecule has 0 bridgehead atoms. The lowest BCUT2D eigenvalue weighted by Gasteiger charge is -2.14. The van der Waals surface area contributed by atoms with Gasteiger partial charge in [0.25, 0.3) is 5.56 Å². The van der Waals surface area contributed by atoms with Gasteiger partial charge in [-0.3, -0.25) is 9.59 Å². The van der Waals surface area contributed by atoms with Crippen molar-refractivity contribution in [2.45, 2.75) is 26.4 Å². The van der Waals surface area contributed by atoms with Crippen LogP contribution in [0.1, 0.15) is 13.8 Å². The zero-order valence-electron chi connectivity index (χ0n) is 20.1. The Morgan fingerprint density at radius 2 is 2.03 bits per heavy atom. The normalized spacial score (nSPS) is 11.1. The second-order valence-electron chi connectivity index (χ2n) is 8.45. The summed E-state index contributed by atoms with van der Waals surface area (Å²) in [5.74, 6) is 0.330. The first kappa shape index (κ1) is 23.9. The summed E-state index contributed by atoms with van der Waals surface area (Å²) in [6, 6.07) is 7.92. The minimum atomic E-state index is -0.439. The second-order valence-corrected chi connectivity index (χ2v) is 8.45. The third-order valence-corrected chi connectivity index (χ3v) is 5.63. The molecule has 4 heterocycles. The average molecular weight is 472 g/mol. The van der Waals surface area contributed by atoms with Gasteiger partial charge in [-0.2, -0.15) is 0 Å². The molecule has 4 N–H and O–H groups in total. The van der Waals surface area contributed by atoms with Crippen molar-refractivity contribution in [3.63, 3.8) is 0 Å². The van der Waals surface area contributed by atoms with Crippen LogP contribution in [-0.2, 0) is 11.3 Å². The number of fused-ring (bicyclic) bond motifs is 1. The number of aromatic nitrogens is 4. The van der Waals surface area contributed by atoms with Crippen molar-refractivity contribution in [3.8, 4) is 22.3 Å². The molecule has 0 spiro atoms. The molecule has 0 aliphatic heterocycles. The molecule has 9 nitrogen and oxygen atoms in total. The van der Waals surface area contributed by atoms with E-state index >= 15 is 0 Å². The molecule has 0 aromatic carbocycles. The van der Waals surface area contributed by atoms with Crippen molar-refractivity contribution < 1.29 is 4.79 Å². The fourth-order valence-electron chi connectivity index (χ4n) is 3.84. The van der Waals surface area contributed by atoms with Crippen LogP contribution < -0.4 is 21.5 Å². The molecule has 0 aliphatic rings. The number of nitrogens with zero attached hydrogens (tertiary/aromatic N) is 3. The number of H-pyrrole nitrogens is 1. The van der Waals surface area contributed by atoms with Gasteiger partial charge in [0.05, 0.1) is 0 Å². The SMILES string of the molecule is C=CC(=O)Nc1cc(-c2cnc3[nH]cc(-c4ccnc(NC)c4)c3c2)cn(CCNC(C)C)c1=O. The van der Waals surface area contributed by atoms with Crippen molar-refractivity contribution >= 4 is 28.4 Å². The molecule has 1 amide bonds. The van der Waals surface area contributed by atoms with Gasteiger partial charge in [-0.1, -0.05) is 20.4 Å². The number of hydrogen-bond donors (Lipinski definition) is 4. The van der Waals surface area contributed by atoms with E-state index in [2.05, 4.69) is 37.5 Å². The Kier molecular flexibility index (Phi) is 7.07. The van der Waals surface area contributed by atoms with Crippen molar-refractivity contribution in [3.05, 3.63) is 72.1 Å². The van der Waals surface area contributed by atoms with Crippen molar-refractivity contribution in [1.82, 2.24) is 24.8 Å². The monoisotopic (exact) mass is 471 g/mol. The first-order valence-corrected chi connectivity index (χ1v) is 11.4. The number of aromatic amines is 1. The minimum Gasteiger partial charge on any atom is -0.373 e. The zero-order chi connectivity index (χ0) is 24.9. The summed E-state index contributed by atoms with van der Waals surface area (Å²) >= 11 is 0. The van der Waals surface area contributed by atoms with E-state index in [4.69, 9.17) is 0 Å². The summed E-state index contributed by atoms with van der Waals surface area (Å²) < 4.78 is 1.60. The molecule has 0 saturated heterocycles. The number of nitrogens with one attached hydrogen (secondary N) is 4. The number of amides is 1. The molecule has 9 heteroatoms. The van der Waals surface area contributed by atoms with Crippen LogP contribution in [0, 0.1) is 0 Å². The maximum atomic E-state index is 13.0. The second kappa shape index (κ2) is 10.4. The van der Waals surface area contributed by atoms with Gasteiger partial charge in [-0.05, 0) is 35.9 Å². The van der Waals surface area contributed by atoms with Crippen LogP contribution in [0.15, 0.2) is 66.5 Å². The number of carbonyl (C=O) groups excluding carboxylic acids is 1. The first-order chi connectivity index (χ1) is 16.9. The molecule has 4 aromatic rings. The van der Waals surface area contributed by atoms with E-state index in [1.807, 2.05) is 45.3 Å². The Morgan fingerprint density at radius 3 is 2.77 bits per heavy atom. The number of carbonyl (C=O) groups is 1. The number of anilines is 2. The number of hydrogen-bond acceptors (Lipinski definition) is 6. The Hall–Kier alpha value is -4.24. The Labute approximate surface area is 203 Å². The van der Waals surface area contributed by atoms with Gasteiger partial charge >= 0.3 is 0 Å². The highest BCUT2D eigenvalue weighted by molar-refractivity contribution is 5.99. The maximum absolute atomic E-state index is 13.0. The summed E-state index contributed by atoms with van der Waals surface area (Å²) in [5.41, 5.74) is 4.24. The highest BCUT2D eigenvalue weighted by atomic mass is 16.2. The lowest BCUT2D eigenvalue weighted by Crippen LogP contribution is -2.32. The highest BCUT2D eigenvalue weighted by Gasteiger charge is 2.14. The number of pyridine rings is 3. The van der Waals surface area contributed by atoms with Crippen LogP contribution in [0.2, 0.25) is 0 Å². The van der Waals surface area contributed by atoms with Crippen LogP contribution in [0.4, 0.5) is 11.5 Å². The standard InChI is InChI=1S/C26H29N7O2/c1-5-24(34)32-22-11-19(15-33(26(22)35)9-8-28-16(2)3)18-10-20-21(14-31-25(20)30-13-18)17-6-7-29-23(12-17)27-4/h5-7,10-16,28H,1,8-9H2,2-4H3,(H,27,29)(H,30,31)(H,32,34). The van der Waals surface area contributed by atoms with Crippen LogP contribution >= 0.6 is 0 Å². The van der Waals surface area contributed by atoms with Crippen LogP contribution in [0.3, 0.4) is 0 Å². The summed E-state index contributed by atoms with van der Waals surface area (Å²) in [6.45, 7) is 8.65. The quantitative estimate of drug-likeness (QED) is 0.277. The number of rotatable bonds is 9. The van der Waals surface area contributed by atoms with E-state index in [9.17, 15) is 9.59 Å².